The smallest absolute Gasteiger partial charge is 0.217 e. The molecule has 0 unspecified atom stereocenters. The molecule has 1 aromatic rings. The Morgan fingerprint density at radius 1 is 1.13 bits per heavy atom. The molecule has 1 saturated heterocycles. The molecular formula is C24H41N5O2. The summed E-state index contributed by atoms with van der Waals surface area (Å²) in [6.07, 6.45) is 6.54. The van der Waals surface area contributed by atoms with Gasteiger partial charge in [-0.2, -0.15) is 0 Å². The average molecular weight is 432 g/mol. The van der Waals surface area contributed by atoms with Crippen molar-refractivity contribution in [1.82, 2.24) is 20.2 Å². The first-order valence-electron chi connectivity index (χ1n) is 12.0. The minimum absolute atomic E-state index is 0.100. The van der Waals surface area contributed by atoms with Crippen molar-refractivity contribution in [3.05, 3.63) is 17.6 Å². The molecule has 3 rings (SSSR count). The number of carbonyl (C=O) groups excluding carboxylic acids is 1. The summed E-state index contributed by atoms with van der Waals surface area (Å²) in [5.41, 5.74) is 0.816. The van der Waals surface area contributed by atoms with Crippen molar-refractivity contribution in [2.24, 2.45) is 5.92 Å². The zero-order valence-corrected chi connectivity index (χ0v) is 19.9. The number of amides is 1. The van der Waals surface area contributed by atoms with E-state index in [4.69, 9.17) is 4.98 Å². The first-order valence-corrected chi connectivity index (χ1v) is 12.0. The van der Waals surface area contributed by atoms with Gasteiger partial charge in [0.2, 0.25) is 5.91 Å². The van der Waals surface area contributed by atoms with Crippen LogP contribution in [0, 0.1) is 5.92 Å². The van der Waals surface area contributed by atoms with Crippen LogP contribution in [0.1, 0.15) is 71.3 Å². The molecule has 2 N–H and O–H groups in total. The summed E-state index contributed by atoms with van der Waals surface area (Å²) < 4.78 is 0. The third kappa shape index (κ3) is 7.14. The van der Waals surface area contributed by atoms with Gasteiger partial charge >= 0.3 is 0 Å². The Hall–Kier alpha value is -1.73. The lowest BCUT2D eigenvalue weighted by molar-refractivity contribution is -0.119. The number of carbonyl (C=O) groups is 1. The maximum atomic E-state index is 11.2. The lowest BCUT2D eigenvalue weighted by atomic mass is 9.84. The van der Waals surface area contributed by atoms with Crippen molar-refractivity contribution < 1.29 is 9.90 Å². The van der Waals surface area contributed by atoms with E-state index in [1.807, 2.05) is 0 Å². The van der Waals surface area contributed by atoms with E-state index in [-0.39, 0.29) is 17.9 Å². The number of aromatic nitrogens is 2. The highest BCUT2D eigenvalue weighted by molar-refractivity contribution is 5.73. The van der Waals surface area contributed by atoms with E-state index in [1.54, 1.807) is 6.92 Å². The molecule has 1 amide bonds. The van der Waals surface area contributed by atoms with Crippen LogP contribution in [0.15, 0.2) is 6.07 Å². The van der Waals surface area contributed by atoms with E-state index in [1.165, 1.54) is 19.3 Å². The van der Waals surface area contributed by atoms with E-state index in [9.17, 15) is 9.90 Å². The number of nitrogens with zero attached hydrogens (tertiary/aromatic N) is 4. The number of rotatable bonds is 7. The van der Waals surface area contributed by atoms with Crippen LogP contribution >= 0.6 is 0 Å². The van der Waals surface area contributed by atoms with Gasteiger partial charge in [0.05, 0.1) is 0 Å². The summed E-state index contributed by atoms with van der Waals surface area (Å²) in [7, 11) is 0. The Morgan fingerprint density at radius 2 is 1.81 bits per heavy atom. The number of aliphatic hydroxyl groups excluding tert-OH is 1. The second-order valence-corrected chi connectivity index (χ2v) is 10.3. The average Bonchev–Trinajstić information content (AvgIpc) is 2.73. The maximum Gasteiger partial charge on any atom is 0.217 e. The first-order chi connectivity index (χ1) is 14.7. The van der Waals surface area contributed by atoms with E-state index in [0.29, 0.717) is 12.5 Å². The van der Waals surface area contributed by atoms with E-state index >= 15 is 0 Å². The Bertz CT molecular complexity index is 717. The number of anilines is 1. The van der Waals surface area contributed by atoms with Crippen LogP contribution in [0.4, 0.5) is 5.82 Å². The number of hydrogen-bond donors (Lipinski definition) is 2. The Labute approximate surface area is 187 Å². The molecule has 0 atom stereocenters. The normalized spacial score (nSPS) is 23.1. The molecule has 1 aliphatic carbocycles. The molecule has 2 aliphatic rings. The fourth-order valence-corrected chi connectivity index (χ4v) is 4.67. The number of piperazine rings is 1. The summed E-state index contributed by atoms with van der Waals surface area (Å²) in [4.78, 5) is 25.7. The highest BCUT2D eigenvalue weighted by atomic mass is 16.3. The van der Waals surface area contributed by atoms with Gasteiger partial charge in [-0.15, -0.1) is 0 Å². The highest BCUT2D eigenvalue weighted by Gasteiger charge is 2.25. The molecule has 2 fully saturated rings. The Balaban J connectivity index is 1.47. The van der Waals surface area contributed by atoms with Crippen molar-refractivity contribution in [3.8, 4) is 0 Å². The third-order valence-electron chi connectivity index (χ3n) is 6.61. The summed E-state index contributed by atoms with van der Waals surface area (Å²) >= 11 is 0. The molecule has 1 aliphatic heterocycles. The van der Waals surface area contributed by atoms with E-state index < -0.39 is 0 Å². The van der Waals surface area contributed by atoms with E-state index in [0.717, 1.165) is 68.8 Å². The molecule has 0 radical (unpaired) electrons. The lowest BCUT2D eigenvalue weighted by Crippen LogP contribution is -2.47. The summed E-state index contributed by atoms with van der Waals surface area (Å²) in [5, 5.41) is 12.4. The maximum absolute atomic E-state index is 11.2. The van der Waals surface area contributed by atoms with Crippen molar-refractivity contribution in [2.75, 3.05) is 44.2 Å². The number of aliphatic hydroxyl groups is 1. The van der Waals surface area contributed by atoms with Crippen LogP contribution < -0.4 is 10.2 Å². The molecule has 7 heteroatoms. The molecular weight excluding hydrogens is 390 g/mol. The molecule has 174 valence electrons. The minimum atomic E-state index is -0.110. The Kier molecular flexibility index (Phi) is 8.28. The highest BCUT2D eigenvalue weighted by Crippen LogP contribution is 2.28. The number of nitrogens with one attached hydrogen (secondary N) is 1. The third-order valence-corrected chi connectivity index (χ3v) is 6.61. The van der Waals surface area contributed by atoms with Crippen LogP contribution in [-0.2, 0) is 16.6 Å². The molecule has 0 spiro atoms. The van der Waals surface area contributed by atoms with Gasteiger partial charge in [0.25, 0.3) is 0 Å². The first kappa shape index (κ1) is 23.9. The van der Waals surface area contributed by atoms with Gasteiger partial charge < -0.3 is 15.3 Å². The van der Waals surface area contributed by atoms with Gasteiger partial charge in [-0.05, 0) is 44.6 Å². The quantitative estimate of drug-likeness (QED) is 0.690. The zero-order valence-electron chi connectivity index (χ0n) is 19.9. The fraction of sp³-hybridized carbons (Fsp3) is 0.792. The van der Waals surface area contributed by atoms with Crippen LogP contribution in [0.25, 0.3) is 0 Å². The standard InChI is InChI=1S/C24H41N5O2/c1-18(31)25-20-7-5-19(6-8-20)9-11-28-12-14-29(15-13-28)22-17-21(10-16-30)26-23(27-22)24(2,3)4/h17,19-20,30H,5-16H2,1-4H3,(H,25,31)/t19-,20-. The summed E-state index contributed by atoms with van der Waals surface area (Å²) in [5.74, 6) is 2.74. The van der Waals surface area contributed by atoms with Crippen molar-refractivity contribution >= 4 is 11.7 Å². The topological polar surface area (TPSA) is 81.6 Å². The largest absolute Gasteiger partial charge is 0.396 e. The second-order valence-electron chi connectivity index (χ2n) is 10.3. The van der Waals surface area contributed by atoms with Gasteiger partial charge in [0.1, 0.15) is 11.6 Å². The SMILES string of the molecule is CC(=O)N[C@H]1CC[C@H](CCN2CCN(c3cc(CCO)nc(C(C)(C)C)n3)CC2)CC1. The van der Waals surface area contributed by atoms with Gasteiger partial charge in [-0.1, -0.05) is 20.8 Å². The minimum Gasteiger partial charge on any atom is -0.396 e. The molecule has 31 heavy (non-hydrogen) atoms. The monoisotopic (exact) mass is 431 g/mol. The number of hydrogen-bond acceptors (Lipinski definition) is 6. The lowest BCUT2D eigenvalue weighted by Gasteiger charge is -2.37. The van der Waals surface area contributed by atoms with Crippen molar-refractivity contribution in [3.63, 3.8) is 0 Å². The molecule has 1 saturated carbocycles. The van der Waals surface area contributed by atoms with Crippen LogP contribution in [0.5, 0.6) is 0 Å². The molecule has 2 heterocycles. The van der Waals surface area contributed by atoms with Gasteiger partial charge in [0.15, 0.2) is 0 Å². The van der Waals surface area contributed by atoms with Gasteiger partial charge in [-0.3, -0.25) is 9.69 Å². The van der Waals surface area contributed by atoms with Crippen molar-refractivity contribution in [2.45, 2.75) is 77.7 Å². The van der Waals surface area contributed by atoms with Gasteiger partial charge in [-0.25, -0.2) is 9.97 Å². The van der Waals surface area contributed by atoms with Crippen molar-refractivity contribution in [1.29, 1.82) is 0 Å². The Morgan fingerprint density at radius 3 is 2.39 bits per heavy atom. The van der Waals surface area contributed by atoms with E-state index in [2.05, 4.69) is 46.9 Å². The fourth-order valence-electron chi connectivity index (χ4n) is 4.67. The molecule has 7 nitrogen and oxygen atoms in total. The van der Waals surface area contributed by atoms with Crippen LogP contribution in [-0.4, -0.2) is 71.3 Å². The predicted octanol–water partition coefficient (Wildman–Crippen LogP) is 2.52. The predicted molar refractivity (Wildman–Crippen MR) is 124 cm³/mol. The second kappa shape index (κ2) is 10.7. The molecule has 0 bridgehead atoms. The van der Waals surface area contributed by atoms with Gasteiger partial charge in [0, 0.05) is 69.3 Å². The molecule has 1 aromatic heterocycles. The van der Waals surface area contributed by atoms with Crippen LogP contribution in [0.2, 0.25) is 0 Å². The summed E-state index contributed by atoms with van der Waals surface area (Å²) in [6.45, 7) is 13.4. The molecule has 0 aromatic carbocycles. The van der Waals surface area contributed by atoms with Crippen LogP contribution in [0.3, 0.4) is 0 Å². The summed E-state index contributed by atoms with van der Waals surface area (Å²) in [6, 6.07) is 2.44. The zero-order chi connectivity index (χ0) is 22.4.